The van der Waals surface area contributed by atoms with Crippen LogP contribution in [0.3, 0.4) is 0 Å². The van der Waals surface area contributed by atoms with Gasteiger partial charge < -0.3 is 5.11 Å². The molecule has 21 heavy (non-hydrogen) atoms. The molecule has 0 spiro atoms. The summed E-state index contributed by atoms with van der Waals surface area (Å²) in [5.41, 5.74) is 3.25. The highest BCUT2D eigenvalue weighted by molar-refractivity contribution is 5.87. The van der Waals surface area contributed by atoms with Gasteiger partial charge in [-0.2, -0.15) is 0 Å². The number of rotatable bonds is 2. The molecule has 0 aliphatic heterocycles. The van der Waals surface area contributed by atoms with Crippen LogP contribution < -0.4 is 0 Å². The molecule has 106 valence electrons. The summed E-state index contributed by atoms with van der Waals surface area (Å²) in [5, 5.41) is 12.8. The van der Waals surface area contributed by atoms with Crippen molar-refractivity contribution in [2.24, 2.45) is 0 Å². The fraction of sp³-hybridized carbons (Fsp3) is 0.158. The van der Waals surface area contributed by atoms with E-state index in [0.29, 0.717) is 5.56 Å². The molecule has 2 heteroatoms. The summed E-state index contributed by atoms with van der Waals surface area (Å²) in [4.78, 5) is 0. The zero-order valence-corrected chi connectivity index (χ0v) is 12.1. The summed E-state index contributed by atoms with van der Waals surface area (Å²) < 4.78 is 13.6. The molecule has 3 aromatic carbocycles. The number of aliphatic hydroxyl groups is 1. The molecule has 1 nitrogen and oxygen atoms in total. The standard InChI is InChI=1S/C19H17FO/c1-12-9-15(11-16(20)10-12)19(21)18-13(2)7-8-14-5-3-4-6-17(14)18/h3-11,19,21H,1-2H3. The Balaban J connectivity index is 2.21. The molecule has 1 N–H and O–H groups in total. The van der Waals surface area contributed by atoms with E-state index in [2.05, 4.69) is 0 Å². The molecule has 0 bridgehead atoms. The minimum absolute atomic E-state index is 0.318. The van der Waals surface area contributed by atoms with Gasteiger partial charge in [-0.1, -0.05) is 42.5 Å². The summed E-state index contributed by atoms with van der Waals surface area (Å²) in [6.45, 7) is 3.80. The monoisotopic (exact) mass is 280 g/mol. The van der Waals surface area contributed by atoms with Gasteiger partial charge in [0.1, 0.15) is 11.9 Å². The Morgan fingerprint density at radius 3 is 2.48 bits per heavy atom. The molecular formula is C19H17FO. The predicted octanol–water partition coefficient (Wildman–Crippen LogP) is 4.68. The molecule has 0 radical (unpaired) electrons. The van der Waals surface area contributed by atoms with E-state index in [1.165, 1.54) is 12.1 Å². The van der Waals surface area contributed by atoms with Crippen molar-refractivity contribution in [3.8, 4) is 0 Å². The Morgan fingerprint density at radius 2 is 1.71 bits per heavy atom. The highest BCUT2D eigenvalue weighted by Gasteiger charge is 2.17. The van der Waals surface area contributed by atoms with E-state index >= 15 is 0 Å². The van der Waals surface area contributed by atoms with E-state index in [-0.39, 0.29) is 5.82 Å². The second-order valence-electron chi connectivity index (χ2n) is 5.48. The summed E-state index contributed by atoms with van der Waals surface area (Å²) >= 11 is 0. The maximum atomic E-state index is 13.6. The summed E-state index contributed by atoms with van der Waals surface area (Å²) in [5.74, 6) is -0.318. The number of hydrogen-bond acceptors (Lipinski definition) is 1. The van der Waals surface area contributed by atoms with Gasteiger partial charge in [0.15, 0.2) is 0 Å². The predicted molar refractivity (Wildman–Crippen MR) is 83.9 cm³/mol. The molecule has 0 saturated heterocycles. The maximum Gasteiger partial charge on any atom is 0.123 e. The highest BCUT2D eigenvalue weighted by atomic mass is 19.1. The van der Waals surface area contributed by atoms with Crippen LogP contribution in [0, 0.1) is 19.7 Å². The van der Waals surface area contributed by atoms with E-state index in [1.54, 1.807) is 0 Å². The van der Waals surface area contributed by atoms with Crippen LogP contribution in [0.4, 0.5) is 4.39 Å². The molecule has 0 amide bonds. The van der Waals surface area contributed by atoms with Crippen molar-refractivity contribution in [1.82, 2.24) is 0 Å². The molecular weight excluding hydrogens is 263 g/mol. The number of fused-ring (bicyclic) bond motifs is 1. The van der Waals surface area contributed by atoms with Gasteiger partial charge >= 0.3 is 0 Å². The second kappa shape index (κ2) is 5.30. The fourth-order valence-corrected chi connectivity index (χ4v) is 2.86. The lowest BCUT2D eigenvalue weighted by atomic mass is 9.91. The first-order valence-corrected chi connectivity index (χ1v) is 6.99. The van der Waals surface area contributed by atoms with Crippen molar-refractivity contribution in [1.29, 1.82) is 0 Å². The second-order valence-corrected chi connectivity index (χ2v) is 5.48. The van der Waals surface area contributed by atoms with Gasteiger partial charge in [0.05, 0.1) is 0 Å². The zero-order chi connectivity index (χ0) is 15.0. The number of benzene rings is 3. The third-order valence-corrected chi connectivity index (χ3v) is 3.84. The fourth-order valence-electron chi connectivity index (χ4n) is 2.86. The average Bonchev–Trinajstić information content (AvgIpc) is 2.45. The summed E-state index contributed by atoms with van der Waals surface area (Å²) in [6.07, 6.45) is -0.828. The molecule has 0 fully saturated rings. The van der Waals surface area contributed by atoms with Crippen LogP contribution in [-0.4, -0.2) is 5.11 Å². The normalized spacial score (nSPS) is 12.6. The average molecular weight is 280 g/mol. The van der Waals surface area contributed by atoms with E-state index in [9.17, 15) is 9.50 Å². The van der Waals surface area contributed by atoms with Crippen molar-refractivity contribution in [3.63, 3.8) is 0 Å². The van der Waals surface area contributed by atoms with E-state index in [4.69, 9.17) is 0 Å². The van der Waals surface area contributed by atoms with Crippen molar-refractivity contribution < 1.29 is 9.50 Å². The van der Waals surface area contributed by atoms with Crippen LogP contribution >= 0.6 is 0 Å². The third kappa shape index (κ3) is 2.55. The van der Waals surface area contributed by atoms with Crippen molar-refractivity contribution in [2.45, 2.75) is 20.0 Å². The molecule has 0 aliphatic rings. The van der Waals surface area contributed by atoms with E-state index in [0.717, 1.165) is 27.5 Å². The van der Waals surface area contributed by atoms with Gasteiger partial charge in [0.25, 0.3) is 0 Å². The van der Waals surface area contributed by atoms with Gasteiger partial charge in [-0.3, -0.25) is 0 Å². The lowest BCUT2D eigenvalue weighted by Crippen LogP contribution is -2.04. The van der Waals surface area contributed by atoms with Gasteiger partial charge in [-0.05, 0) is 59.0 Å². The molecule has 0 aromatic heterocycles. The highest BCUT2D eigenvalue weighted by Crippen LogP contribution is 2.32. The largest absolute Gasteiger partial charge is 0.384 e. The van der Waals surface area contributed by atoms with Crippen LogP contribution in [0.2, 0.25) is 0 Å². The summed E-state index contributed by atoms with van der Waals surface area (Å²) in [7, 11) is 0. The van der Waals surface area contributed by atoms with Gasteiger partial charge in [-0.15, -0.1) is 0 Å². The molecule has 1 atom stereocenters. The molecule has 3 rings (SSSR count). The molecule has 0 saturated carbocycles. The van der Waals surface area contributed by atoms with Crippen LogP contribution in [0.15, 0.2) is 54.6 Å². The van der Waals surface area contributed by atoms with Crippen LogP contribution in [0.1, 0.15) is 28.4 Å². The Morgan fingerprint density at radius 1 is 0.952 bits per heavy atom. The topological polar surface area (TPSA) is 20.2 Å². The van der Waals surface area contributed by atoms with Crippen molar-refractivity contribution >= 4 is 10.8 Å². The van der Waals surface area contributed by atoms with Crippen LogP contribution in [-0.2, 0) is 0 Å². The Labute approximate surface area is 123 Å². The van der Waals surface area contributed by atoms with Gasteiger partial charge in [0, 0.05) is 0 Å². The Kier molecular flexibility index (Phi) is 3.48. The number of aryl methyl sites for hydroxylation is 2. The Hall–Kier alpha value is -2.19. The summed E-state index contributed by atoms with van der Waals surface area (Å²) in [6, 6.07) is 16.7. The molecule has 3 aromatic rings. The lowest BCUT2D eigenvalue weighted by molar-refractivity contribution is 0.220. The molecule has 1 unspecified atom stereocenters. The minimum atomic E-state index is -0.828. The van der Waals surface area contributed by atoms with Gasteiger partial charge in [0.2, 0.25) is 0 Å². The molecule has 0 heterocycles. The smallest absolute Gasteiger partial charge is 0.123 e. The van der Waals surface area contributed by atoms with E-state index < -0.39 is 6.10 Å². The number of hydrogen-bond donors (Lipinski definition) is 1. The quantitative estimate of drug-likeness (QED) is 0.722. The first-order chi connectivity index (χ1) is 10.1. The van der Waals surface area contributed by atoms with Crippen LogP contribution in [0.5, 0.6) is 0 Å². The SMILES string of the molecule is Cc1cc(F)cc(C(O)c2c(C)ccc3ccccc23)c1. The third-order valence-electron chi connectivity index (χ3n) is 3.84. The zero-order valence-electron chi connectivity index (χ0n) is 12.1. The molecule has 0 aliphatic carbocycles. The minimum Gasteiger partial charge on any atom is -0.384 e. The first-order valence-electron chi connectivity index (χ1n) is 6.99. The van der Waals surface area contributed by atoms with Crippen LogP contribution in [0.25, 0.3) is 10.8 Å². The van der Waals surface area contributed by atoms with Crippen molar-refractivity contribution in [3.05, 3.63) is 82.7 Å². The lowest BCUT2D eigenvalue weighted by Gasteiger charge is -2.17. The van der Waals surface area contributed by atoms with Gasteiger partial charge in [-0.25, -0.2) is 4.39 Å². The van der Waals surface area contributed by atoms with Crippen molar-refractivity contribution in [2.75, 3.05) is 0 Å². The first kappa shape index (κ1) is 13.8. The number of aliphatic hydroxyl groups excluding tert-OH is 1. The maximum absolute atomic E-state index is 13.6. The Bertz CT molecular complexity index is 788. The van der Waals surface area contributed by atoms with E-state index in [1.807, 2.05) is 56.3 Å². The number of halogens is 1.